The van der Waals surface area contributed by atoms with Crippen LogP contribution in [0.1, 0.15) is 79.8 Å². The number of ether oxygens (including phenoxy) is 4. The van der Waals surface area contributed by atoms with Crippen LogP contribution in [0.2, 0.25) is 0 Å². The van der Waals surface area contributed by atoms with E-state index in [1.165, 1.54) is 26.0 Å². The van der Waals surface area contributed by atoms with Crippen LogP contribution >= 0.6 is 0 Å². The summed E-state index contributed by atoms with van der Waals surface area (Å²) in [5.74, 6) is -5.89. The number of nitrogens with one attached hydrogen (secondary N) is 1. The van der Waals surface area contributed by atoms with Crippen molar-refractivity contribution in [3.63, 3.8) is 0 Å². The second kappa shape index (κ2) is 15.4. The van der Waals surface area contributed by atoms with Gasteiger partial charge in [-0.2, -0.15) is 0 Å². The van der Waals surface area contributed by atoms with Gasteiger partial charge in [-0.3, -0.25) is 14.4 Å². The van der Waals surface area contributed by atoms with E-state index in [1.807, 2.05) is 0 Å². The molecule has 7 rings (SSSR count). The van der Waals surface area contributed by atoms with E-state index in [-0.39, 0.29) is 35.3 Å². The van der Waals surface area contributed by atoms with Crippen LogP contribution in [0.4, 0.5) is 0 Å². The summed E-state index contributed by atoms with van der Waals surface area (Å²) in [6, 6.07) is 23.1. The smallest absolute Gasteiger partial charge is 0.338 e. The second-order valence-corrected chi connectivity index (χ2v) is 16.8. The number of Topliss-reactive ketones (excluding diaryl/α,β-unsaturated/α-hetero) is 1. The molecule has 5 N–H and O–H groups in total. The third-order valence-corrected chi connectivity index (χ3v) is 13.2. The molecule has 1 heterocycles. The summed E-state index contributed by atoms with van der Waals surface area (Å²) < 4.78 is 24.2. The average Bonchev–Trinajstić information content (AvgIpc) is 3.21. The zero-order valence-electron chi connectivity index (χ0n) is 33.4. The minimum absolute atomic E-state index is 0.0540. The lowest BCUT2D eigenvalue weighted by Crippen LogP contribution is -2.81. The molecular formula is C45H49NO13. The Hall–Kier alpha value is -5.25. The monoisotopic (exact) mass is 811 g/mol. The first-order valence-corrected chi connectivity index (χ1v) is 19.6. The molecule has 0 aromatic heterocycles. The Morgan fingerprint density at radius 1 is 0.864 bits per heavy atom. The number of hydrogen-bond donors (Lipinski definition) is 5. The highest BCUT2D eigenvalue weighted by Gasteiger charge is 2.78. The second-order valence-electron chi connectivity index (χ2n) is 16.8. The molecule has 4 unspecified atom stereocenters. The molecule has 1 aliphatic heterocycles. The normalized spacial score (nSPS) is 33.0. The Bertz CT molecular complexity index is 2160. The molecule has 312 valence electrons. The molecule has 0 spiro atoms. The molecule has 4 aliphatic rings. The fraction of sp³-hybridized carbons (Fsp3) is 0.444. The highest BCUT2D eigenvalue weighted by Crippen LogP contribution is 2.64. The molecule has 3 aromatic rings. The minimum atomic E-state index is -2.35. The van der Waals surface area contributed by atoms with Gasteiger partial charge in [-0.15, -0.1) is 0 Å². The van der Waals surface area contributed by atoms with E-state index >= 15 is 0 Å². The van der Waals surface area contributed by atoms with Gasteiger partial charge >= 0.3 is 17.9 Å². The fourth-order valence-electron chi connectivity index (χ4n) is 9.94. The Labute approximate surface area is 341 Å². The van der Waals surface area contributed by atoms with Crippen molar-refractivity contribution in [3.8, 4) is 0 Å². The molecule has 59 heavy (non-hydrogen) atoms. The summed E-state index contributed by atoms with van der Waals surface area (Å²) in [7, 11) is 0. The molecule has 1 amide bonds. The molecule has 1 saturated heterocycles. The van der Waals surface area contributed by atoms with E-state index < -0.39 is 107 Å². The van der Waals surface area contributed by atoms with Crippen molar-refractivity contribution in [3.05, 3.63) is 119 Å². The van der Waals surface area contributed by atoms with Crippen LogP contribution in [0.25, 0.3) is 0 Å². The molecular weight excluding hydrogens is 762 g/mol. The van der Waals surface area contributed by atoms with Crippen LogP contribution in [0.15, 0.2) is 102 Å². The number of fused-ring (bicyclic) bond motifs is 5. The zero-order valence-corrected chi connectivity index (χ0v) is 33.4. The largest absolute Gasteiger partial charge is 0.456 e. The van der Waals surface area contributed by atoms with Gasteiger partial charge in [0.05, 0.1) is 35.6 Å². The molecule has 14 nitrogen and oxygen atoms in total. The highest BCUT2D eigenvalue weighted by atomic mass is 16.6. The molecule has 3 fully saturated rings. The minimum Gasteiger partial charge on any atom is -0.456 e. The summed E-state index contributed by atoms with van der Waals surface area (Å²) in [4.78, 5) is 69.5. The Kier molecular flexibility index (Phi) is 10.9. The number of hydrogen-bond acceptors (Lipinski definition) is 13. The maximum atomic E-state index is 15.0. The quantitative estimate of drug-likeness (QED) is 0.120. The van der Waals surface area contributed by atoms with Crippen molar-refractivity contribution in [2.75, 3.05) is 6.61 Å². The predicted octanol–water partition coefficient (Wildman–Crippen LogP) is 3.16. The van der Waals surface area contributed by atoms with Crippen molar-refractivity contribution < 1.29 is 63.3 Å². The SMILES string of the molecule is CC(=O)O[C@@]12CO[C@@H]1CC(O)[C@@]1(C)C(=O)[C@H](O)C3=C(C)C(OC(=O)[C@H](O)[C@@H](NC(=O)c4ccccc4)c4ccccc4)C[C@@](O)(C(OC(=O)c4ccccc4)C12)C3(C)C. The summed E-state index contributed by atoms with van der Waals surface area (Å²) in [5, 5.41) is 51.9. The van der Waals surface area contributed by atoms with Crippen LogP contribution in [0.3, 0.4) is 0 Å². The lowest BCUT2D eigenvalue weighted by atomic mass is 9.44. The third-order valence-electron chi connectivity index (χ3n) is 13.2. The van der Waals surface area contributed by atoms with Gasteiger partial charge in [0.2, 0.25) is 0 Å². The van der Waals surface area contributed by atoms with Crippen molar-refractivity contribution in [2.24, 2.45) is 16.7 Å². The summed E-state index contributed by atoms with van der Waals surface area (Å²) in [5.41, 5.74) is -6.86. The third kappa shape index (κ3) is 6.76. The summed E-state index contributed by atoms with van der Waals surface area (Å²) >= 11 is 0. The fourth-order valence-corrected chi connectivity index (χ4v) is 9.94. The van der Waals surface area contributed by atoms with Gasteiger partial charge < -0.3 is 44.7 Å². The number of amides is 1. The number of carbonyl (C=O) groups excluding carboxylic acids is 5. The van der Waals surface area contributed by atoms with Crippen molar-refractivity contribution in [1.82, 2.24) is 5.32 Å². The summed E-state index contributed by atoms with van der Waals surface area (Å²) in [6.07, 6.45) is -10.5. The van der Waals surface area contributed by atoms with Crippen molar-refractivity contribution >= 4 is 29.6 Å². The molecule has 3 aliphatic carbocycles. The molecule has 0 radical (unpaired) electrons. The first-order chi connectivity index (χ1) is 27.9. The van der Waals surface area contributed by atoms with Crippen LogP contribution < -0.4 is 5.32 Å². The lowest BCUT2D eigenvalue weighted by molar-refractivity contribution is -0.346. The number of benzene rings is 3. The first-order valence-electron chi connectivity index (χ1n) is 19.6. The first kappa shape index (κ1) is 41.9. The maximum Gasteiger partial charge on any atom is 0.338 e. The molecule has 11 atom stereocenters. The lowest BCUT2D eigenvalue weighted by Gasteiger charge is -2.67. The number of esters is 3. The van der Waals surface area contributed by atoms with Gasteiger partial charge in [-0.05, 0) is 54.8 Å². The molecule has 2 saturated carbocycles. The highest BCUT2D eigenvalue weighted by molar-refractivity contribution is 5.95. The Morgan fingerprint density at radius 3 is 2.00 bits per heavy atom. The molecule has 14 heteroatoms. The Morgan fingerprint density at radius 2 is 1.44 bits per heavy atom. The van der Waals surface area contributed by atoms with Gasteiger partial charge in [0.15, 0.2) is 17.5 Å². The summed E-state index contributed by atoms with van der Waals surface area (Å²) in [6.45, 7) is 6.89. The van der Waals surface area contributed by atoms with E-state index in [9.17, 15) is 44.4 Å². The maximum absolute atomic E-state index is 15.0. The van der Waals surface area contributed by atoms with Crippen molar-refractivity contribution in [2.45, 2.75) is 101 Å². The Balaban J connectivity index is 1.34. The van der Waals surface area contributed by atoms with E-state index in [0.29, 0.717) is 5.56 Å². The van der Waals surface area contributed by atoms with Crippen LogP contribution in [-0.4, -0.2) is 104 Å². The molecule has 3 aromatic carbocycles. The number of carbonyl (C=O) groups is 5. The predicted molar refractivity (Wildman–Crippen MR) is 208 cm³/mol. The van der Waals surface area contributed by atoms with Crippen molar-refractivity contribution in [1.29, 1.82) is 0 Å². The number of ketones is 1. The van der Waals surface area contributed by atoms with Gasteiger partial charge in [-0.25, -0.2) is 9.59 Å². The van der Waals surface area contributed by atoms with E-state index in [2.05, 4.69) is 5.32 Å². The van der Waals surface area contributed by atoms with Crippen LogP contribution in [0, 0.1) is 16.7 Å². The number of aliphatic hydroxyl groups is 4. The zero-order chi connectivity index (χ0) is 42.7. The van der Waals surface area contributed by atoms with E-state index in [0.717, 1.165) is 6.92 Å². The average molecular weight is 812 g/mol. The van der Waals surface area contributed by atoms with Gasteiger partial charge in [0, 0.05) is 30.7 Å². The topological polar surface area (TPSA) is 215 Å². The van der Waals surface area contributed by atoms with Gasteiger partial charge in [0.25, 0.3) is 5.91 Å². The number of aliphatic hydroxyl groups excluding tert-OH is 3. The van der Waals surface area contributed by atoms with Gasteiger partial charge in [-0.1, -0.05) is 80.6 Å². The molecule has 2 bridgehead atoms. The standard InChI is InChI=1S/C45H49NO13/c1-24-29(57-41(54)35(50)33(26-15-9-6-10-16-26)46-39(52)27-17-11-7-12-18-27)22-45(55)38(58-40(53)28-19-13-8-14-20-28)36-43(5,37(51)34(49)32(24)42(45,3)4)30(48)21-31-44(36,23-56-31)59-25(2)47/h6-20,29-31,33-36,38,48-50,55H,21-23H2,1-5H3,(H,46,52)/t29?,30?,31-,33+,34-,35-,36?,38?,43-,44+,45-/m1/s1. The number of rotatable bonds is 9. The van der Waals surface area contributed by atoms with Gasteiger partial charge in [0.1, 0.15) is 30.0 Å². The van der Waals surface area contributed by atoms with E-state index in [4.69, 9.17) is 18.9 Å². The van der Waals surface area contributed by atoms with Crippen LogP contribution in [0.5, 0.6) is 0 Å². The van der Waals surface area contributed by atoms with Crippen LogP contribution in [-0.2, 0) is 33.3 Å². The van der Waals surface area contributed by atoms with E-state index in [1.54, 1.807) is 92.7 Å².